The molecule has 4 heterocycles. The Morgan fingerprint density at radius 3 is 2.92 bits per heavy atom. The van der Waals surface area contributed by atoms with Crippen LogP contribution in [0.5, 0.6) is 0 Å². The van der Waals surface area contributed by atoms with Crippen molar-refractivity contribution >= 4 is 23.1 Å². The third kappa shape index (κ3) is 3.34. The highest BCUT2D eigenvalue weighted by molar-refractivity contribution is 7.09. The zero-order valence-corrected chi connectivity index (χ0v) is 14.2. The van der Waals surface area contributed by atoms with Crippen LogP contribution >= 0.6 is 11.3 Å². The van der Waals surface area contributed by atoms with Crippen molar-refractivity contribution in [3.8, 4) is 0 Å². The predicted octanol–water partition coefficient (Wildman–Crippen LogP) is 2.08. The molecule has 2 N–H and O–H groups in total. The number of anilines is 1. The van der Waals surface area contributed by atoms with E-state index in [9.17, 15) is 4.79 Å². The molecule has 0 aromatic carbocycles. The molecule has 4 rings (SSSR count). The van der Waals surface area contributed by atoms with Gasteiger partial charge in [-0.15, -0.1) is 11.3 Å². The predicted molar refractivity (Wildman–Crippen MR) is 94.4 cm³/mol. The first kappa shape index (κ1) is 15.3. The molecule has 0 amide bonds. The Bertz CT molecular complexity index is 862. The number of nitrogens with one attached hydrogen (secondary N) is 2. The minimum Gasteiger partial charge on any atom is -0.350 e. The molecule has 0 bridgehead atoms. The highest BCUT2D eigenvalue weighted by Crippen LogP contribution is 2.13. The lowest BCUT2D eigenvalue weighted by Crippen LogP contribution is -2.30. The molecular formula is C16H20N6OS. The van der Waals surface area contributed by atoms with E-state index in [1.54, 1.807) is 17.4 Å². The second-order valence-corrected chi connectivity index (χ2v) is 7.10. The molecule has 8 heteroatoms. The first-order valence-corrected chi connectivity index (χ1v) is 9.13. The summed E-state index contributed by atoms with van der Waals surface area (Å²) in [6, 6.07) is 5.67. The normalized spacial score (nSPS) is 15.8. The summed E-state index contributed by atoms with van der Waals surface area (Å²) in [5, 5.41) is 8.20. The molecule has 1 fully saturated rings. The Hall–Kier alpha value is -2.19. The van der Waals surface area contributed by atoms with Gasteiger partial charge in [-0.1, -0.05) is 12.5 Å². The number of nitrogens with zero attached hydrogens (tertiary/aromatic N) is 4. The van der Waals surface area contributed by atoms with E-state index in [4.69, 9.17) is 0 Å². The van der Waals surface area contributed by atoms with Crippen molar-refractivity contribution in [2.24, 2.45) is 0 Å². The molecule has 3 aromatic rings. The number of thiophene rings is 1. The fourth-order valence-electron chi connectivity index (χ4n) is 3.02. The van der Waals surface area contributed by atoms with Gasteiger partial charge >= 0.3 is 0 Å². The number of piperidine rings is 1. The fourth-order valence-corrected chi connectivity index (χ4v) is 3.66. The molecule has 3 aromatic heterocycles. The Balaban J connectivity index is 1.52. The first-order chi connectivity index (χ1) is 11.8. The summed E-state index contributed by atoms with van der Waals surface area (Å²) < 4.78 is 1.39. The van der Waals surface area contributed by atoms with Crippen LogP contribution < -0.4 is 10.9 Å². The van der Waals surface area contributed by atoms with Crippen LogP contribution in [0, 0.1) is 0 Å². The van der Waals surface area contributed by atoms with Gasteiger partial charge in [-0.25, -0.2) is 4.98 Å². The maximum absolute atomic E-state index is 12.3. The molecule has 1 aliphatic rings. The summed E-state index contributed by atoms with van der Waals surface area (Å²) in [6.07, 6.45) is 3.74. The molecule has 7 nitrogen and oxygen atoms in total. The monoisotopic (exact) mass is 344 g/mol. The van der Waals surface area contributed by atoms with Gasteiger partial charge in [0.2, 0.25) is 5.95 Å². The van der Waals surface area contributed by atoms with E-state index in [2.05, 4.69) is 31.3 Å². The number of hydrogen-bond donors (Lipinski definition) is 2. The second-order valence-electron chi connectivity index (χ2n) is 6.06. The third-order valence-corrected chi connectivity index (χ3v) is 5.10. The zero-order chi connectivity index (χ0) is 16.4. The smallest absolute Gasteiger partial charge is 0.274 e. The molecule has 126 valence electrons. The van der Waals surface area contributed by atoms with Crippen LogP contribution in [0.15, 0.2) is 28.4 Å². The van der Waals surface area contributed by atoms with E-state index in [-0.39, 0.29) is 5.56 Å². The maximum atomic E-state index is 12.3. The number of hydrogen-bond acceptors (Lipinski definition) is 6. The van der Waals surface area contributed by atoms with Gasteiger partial charge in [-0.05, 0) is 37.4 Å². The van der Waals surface area contributed by atoms with Crippen LogP contribution in [0.1, 0.15) is 29.8 Å². The fraction of sp³-hybridized carbons (Fsp3) is 0.438. The molecule has 24 heavy (non-hydrogen) atoms. The summed E-state index contributed by atoms with van der Waals surface area (Å²) in [7, 11) is 0. The van der Waals surface area contributed by atoms with Crippen molar-refractivity contribution < 1.29 is 0 Å². The van der Waals surface area contributed by atoms with Crippen molar-refractivity contribution in [1.29, 1.82) is 0 Å². The Kier molecular flexibility index (Phi) is 4.31. The highest BCUT2D eigenvalue weighted by atomic mass is 32.1. The molecule has 1 aliphatic heterocycles. The number of rotatable bonds is 5. The number of H-pyrrole nitrogens is 1. The molecule has 0 radical (unpaired) electrons. The van der Waals surface area contributed by atoms with Crippen molar-refractivity contribution in [2.45, 2.75) is 32.4 Å². The summed E-state index contributed by atoms with van der Waals surface area (Å²) in [5.41, 5.74) is 0.668. The summed E-state index contributed by atoms with van der Waals surface area (Å²) in [4.78, 5) is 24.8. The van der Waals surface area contributed by atoms with E-state index >= 15 is 0 Å². The van der Waals surface area contributed by atoms with E-state index in [0.717, 1.165) is 25.3 Å². The Morgan fingerprint density at radius 2 is 2.12 bits per heavy atom. The lowest BCUT2D eigenvalue weighted by Gasteiger charge is -2.25. The van der Waals surface area contributed by atoms with Crippen LogP contribution in [-0.2, 0) is 13.1 Å². The number of aromatic amines is 1. The van der Waals surface area contributed by atoms with Crippen LogP contribution in [0.3, 0.4) is 0 Å². The van der Waals surface area contributed by atoms with Gasteiger partial charge in [0.15, 0.2) is 0 Å². The number of likely N-dealkylation sites (tertiary alicyclic amines) is 1. The first-order valence-electron chi connectivity index (χ1n) is 8.25. The molecule has 0 aliphatic carbocycles. The van der Waals surface area contributed by atoms with E-state index < -0.39 is 0 Å². The van der Waals surface area contributed by atoms with Gasteiger partial charge in [0, 0.05) is 17.5 Å². The average molecular weight is 344 g/mol. The largest absolute Gasteiger partial charge is 0.350 e. The summed E-state index contributed by atoms with van der Waals surface area (Å²) in [6.45, 7) is 3.55. The highest BCUT2D eigenvalue weighted by Gasteiger charge is 2.13. The SMILES string of the molecule is O=c1cc(CN2CCCCC2)nc2nc(NCc3cccs3)[nH]n12. The van der Waals surface area contributed by atoms with Crippen molar-refractivity contribution in [2.75, 3.05) is 18.4 Å². The molecule has 0 saturated carbocycles. The summed E-state index contributed by atoms with van der Waals surface area (Å²) in [5.74, 6) is 0.978. The van der Waals surface area contributed by atoms with Gasteiger partial charge in [0.25, 0.3) is 11.3 Å². The van der Waals surface area contributed by atoms with Crippen LogP contribution in [0.25, 0.3) is 5.78 Å². The lowest BCUT2D eigenvalue weighted by atomic mass is 10.1. The Labute approximate surface area is 143 Å². The van der Waals surface area contributed by atoms with Gasteiger partial charge in [0.05, 0.1) is 12.2 Å². The number of fused-ring (bicyclic) bond motifs is 1. The quantitative estimate of drug-likeness (QED) is 0.741. The van der Waals surface area contributed by atoms with Crippen molar-refractivity contribution in [1.82, 2.24) is 24.5 Å². The lowest BCUT2D eigenvalue weighted by molar-refractivity contribution is 0.218. The molecule has 0 unspecified atom stereocenters. The second kappa shape index (κ2) is 6.74. The van der Waals surface area contributed by atoms with E-state index in [1.165, 1.54) is 28.7 Å². The van der Waals surface area contributed by atoms with Crippen LogP contribution in [0.2, 0.25) is 0 Å². The minimum atomic E-state index is -0.122. The van der Waals surface area contributed by atoms with E-state index in [0.29, 0.717) is 18.3 Å². The zero-order valence-electron chi connectivity index (χ0n) is 13.4. The van der Waals surface area contributed by atoms with Gasteiger partial charge in [-0.3, -0.25) is 14.8 Å². The minimum absolute atomic E-state index is 0.122. The van der Waals surface area contributed by atoms with Gasteiger partial charge in [0.1, 0.15) is 0 Å². The van der Waals surface area contributed by atoms with Crippen molar-refractivity contribution in [3.05, 3.63) is 44.5 Å². The van der Waals surface area contributed by atoms with E-state index in [1.807, 2.05) is 11.4 Å². The van der Waals surface area contributed by atoms with Gasteiger partial charge in [-0.2, -0.15) is 9.50 Å². The topological polar surface area (TPSA) is 78.3 Å². The number of aromatic nitrogens is 4. The molecule has 0 spiro atoms. The van der Waals surface area contributed by atoms with Crippen LogP contribution in [-0.4, -0.2) is 37.6 Å². The molecule has 0 atom stereocenters. The standard InChI is InChI=1S/C16H20N6OS/c23-14-9-12(11-21-6-2-1-3-7-21)18-16-19-15(20-22(14)16)17-10-13-5-4-8-24-13/h4-5,8-9H,1-3,6-7,10-11H2,(H2,17,18,19,20). The van der Waals surface area contributed by atoms with Crippen LogP contribution in [0.4, 0.5) is 5.95 Å². The maximum Gasteiger partial charge on any atom is 0.274 e. The third-order valence-electron chi connectivity index (χ3n) is 4.23. The molecule has 1 saturated heterocycles. The summed E-state index contributed by atoms with van der Waals surface area (Å²) >= 11 is 1.68. The Morgan fingerprint density at radius 1 is 1.25 bits per heavy atom. The van der Waals surface area contributed by atoms with Gasteiger partial charge < -0.3 is 5.32 Å². The average Bonchev–Trinajstić information content (AvgIpc) is 3.23. The molecular weight excluding hydrogens is 324 g/mol. The van der Waals surface area contributed by atoms with Crippen molar-refractivity contribution in [3.63, 3.8) is 0 Å².